The maximum atomic E-state index is 12.8. The van der Waals surface area contributed by atoms with Crippen LogP contribution in [0.15, 0.2) is 0 Å². The van der Waals surface area contributed by atoms with Crippen LogP contribution >= 0.6 is 0 Å². The predicted molar refractivity (Wildman–Crippen MR) is 261 cm³/mol. The summed E-state index contributed by atoms with van der Waals surface area (Å²) in [6.45, 7) is 9.04. The maximum Gasteiger partial charge on any atom is 0.306 e. The van der Waals surface area contributed by atoms with Gasteiger partial charge in [-0.1, -0.05) is 272 Å². The SMILES string of the molecule is CCCCCCCCCCCCCCCCCCC(=O)OC[C@@H](COC(=O)CCCCCCCCCCCCCCCC(C)C)OC(=O)CCCCCCCCCCCCC. The minimum absolute atomic E-state index is 0.0622. The van der Waals surface area contributed by atoms with Crippen LogP contribution < -0.4 is 0 Å². The molecular weight excluding hydrogens is 757 g/mol. The van der Waals surface area contributed by atoms with Crippen molar-refractivity contribution in [2.24, 2.45) is 5.92 Å². The predicted octanol–water partition coefficient (Wildman–Crippen LogP) is 17.8. The van der Waals surface area contributed by atoms with Crippen LogP contribution in [0.1, 0.15) is 310 Å². The quantitative estimate of drug-likeness (QED) is 0.0344. The molecule has 0 rings (SSSR count). The van der Waals surface area contributed by atoms with Gasteiger partial charge in [0.1, 0.15) is 13.2 Å². The average Bonchev–Trinajstić information content (AvgIpc) is 3.24. The Labute approximate surface area is 380 Å². The molecule has 0 aliphatic rings. The molecule has 0 aliphatic carbocycles. The van der Waals surface area contributed by atoms with Crippen LogP contribution in [0.5, 0.6) is 0 Å². The second-order valence-electron chi connectivity index (χ2n) is 19.3. The van der Waals surface area contributed by atoms with E-state index in [1.807, 2.05) is 0 Å². The average molecular weight is 863 g/mol. The van der Waals surface area contributed by atoms with Gasteiger partial charge in [0.2, 0.25) is 0 Å². The molecule has 6 heteroatoms. The smallest absolute Gasteiger partial charge is 0.306 e. The van der Waals surface area contributed by atoms with Crippen molar-refractivity contribution >= 4 is 17.9 Å². The Kier molecular flexibility index (Phi) is 48.1. The van der Waals surface area contributed by atoms with Crippen molar-refractivity contribution in [2.45, 2.75) is 316 Å². The van der Waals surface area contributed by atoms with Crippen molar-refractivity contribution in [3.8, 4) is 0 Å². The summed E-state index contributed by atoms with van der Waals surface area (Å²) in [7, 11) is 0. The first-order valence-corrected chi connectivity index (χ1v) is 27.4. The van der Waals surface area contributed by atoms with E-state index in [0.29, 0.717) is 19.3 Å². The number of esters is 3. The lowest BCUT2D eigenvalue weighted by atomic mass is 10.0. The number of ether oxygens (including phenoxy) is 3. The van der Waals surface area contributed by atoms with Crippen LogP contribution in [0.4, 0.5) is 0 Å². The molecule has 0 radical (unpaired) electrons. The fraction of sp³-hybridized carbons (Fsp3) is 0.945. The highest BCUT2D eigenvalue weighted by Gasteiger charge is 2.19. The van der Waals surface area contributed by atoms with Gasteiger partial charge in [-0.2, -0.15) is 0 Å². The zero-order chi connectivity index (χ0) is 44.5. The molecule has 0 saturated carbocycles. The summed E-state index contributed by atoms with van der Waals surface area (Å²) in [5.41, 5.74) is 0. The Balaban J connectivity index is 4.26. The Hall–Kier alpha value is -1.59. The first-order chi connectivity index (χ1) is 29.9. The third kappa shape index (κ3) is 49.3. The second-order valence-corrected chi connectivity index (χ2v) is 19.3. The summed E-state index contributed by atoms with van der Waals surface area (Å²) >= 11 is 0. The van der Waals surface area contributed by atoms with Gasteiger partial charge in [0, 0.05) is 19.3 Å². The highest BCUT2D eigenvalue weighted by atomic mass is 16.6. The third-order valence-corrected chi connectivity index (χ3v) is 12.5. The largest absolute Gasteiger partial charge is 0.462 e. The molecule has 362 valence electrons. The summed E-state index contributed by atoms with van der Waals surface area (Å²) in [5.74, 6) is -0.000515. The molecule has 0 unspecified atom stereocenters. The molecule has 0 fully saturated rings. The van der Waals surface area contributed by atoms with Gasteiger partial charge in [-0.25, -0.2) is 0 Å². The van der Waals surface area contributed by atoms with Gasteiger partial charge in [-0.3, -0.25) is 14.4 Å². The van der Waals surface area contributed by atoms with Gasteiger partial charge in [0.15, 0.2) is 6.10 Å². The van der Waals surface area contributed by atoms with Crippen molar-refractivity contribution in [2.75, 3.05) is 13.2 Å². The molecule has 0 aromatic heterocycles. The molecule has 0 N–H and O–H groups in total. The molecule has 0 heterocycles. The van der Waals surface area contributed by atoms with E-state index in [4.69, 9.17) is 14.2 Å². The summed E-state index contributed by atoms with van der Waals surface area (Å²) in [4.78, 5) is 38.0. The molecule has 61 heavy (non-hydrogen) atoms. The fourth-order valence-electron chi connectivity index (χ4n) is 8.39. The van der Waals surface area contributed by atoms with Crippen LogP contribution in [0.2, 0.25) is 0 Å². The van der Waals surface area contributed by atoms with Crippen molar-refractivity contribution < 1.29 is 28.6 Å². The molecule has 6 nitrogen and oxygen atoms in total. The number of hydrogen-bond donors (Lipinski definition) is 0. The Morgan fingerprint density at radius 3 is 0.803 bits per heavy atom. The zero-order valence-corrected chi connectivity index (χ0v) is 41.6. The number of carbonyl (C=O) groups is 3. The first-order valence-electron chi connectivity index (χ1n) is 27.4. The van der Waals surface area contributed by atoms with E-state index < -0.39 is 6.10 Å². The lowest BCUT2D eigenvalue weighted by molar-refractivity contribution is -0.167. The topological polar surface area (TPSA) is 78.9 Å². The molecule has 0 spiro atoms. The number of carbonyl (C=O) groups excluding carboxylic acids is 3. The summed E-state index contributed by atoms with van der Waals surface area (Å²) < 4.78 is 16.8. The molecule has 0 saturated heterocycles. The van der Waals surface area contributed by atoms with Gasteiger partial charge < -0.3 is 14.2 Å². The lowest BCUT2D eigenvalue weighted by Crippen LogP contribution is -2.30. The minimum atomic E-state index is -0.760. The summed E-state index contributed by atoms with van der Waals surface area (Å²) in [6, 6.07) is 0. The van der Waals surface area contributed by atoms with Crippen molar-refractivity contribution in [1.29, 1.82) is 0 Å². The van der Waals surface area contributed by atoms with E-state index in [2.05, 4.69) is 27.7 Å². The van der Waals surface area contributed by atoms with Gasteiger partial charge in [0.25, 0.3) is 0 Å². The minimum Gasteiger partial charge on any atom is -0.462 e. The number of unbranched alkanes of at least 4 members (excludes halogenated alkanes) is 37. The van der Waals surface area contributed by atoms with E-state index in [0.717, 1.165) is 63.7 Å². The highest BCUT2D eigenvalue weighted by Crippen LogP contribution is 2.17. The van der Waals surface area contributed by atoms with E-state index in [1.165, 1.54) is 205 Å². The molecule has 0 aliphatic heterocycles. The van der Waals surface area contributed by atoms with Gasteiger partial charge in [0.05, 0.1) is 0 Å². The summed E-state index contributed by atoms with van der Waals surface area (Å²) in [6.07, 6.45) is 52.3. The lowest BCUT2D eigenvalue weighted by Gasteiger charge is -2.18. The van der Waals surface area contributed by atoms with Gasteiger partial charge in [-0.05, 0) is 25.2 Å². The Morgan fingerprint density at radius 1 is 0.311 bits per heavy atom. The van der Waals surface area contributed by atoms with Gasteiger partial charge >= 0.3 is 17.9 Å². The van der Waals surface area contributed by atoms with Crippen molar-refractivity contribution in [1.82, 2.24) is 0 Å². The third-order valence-electron chi connectivity index (χ3n) is 12.5. The van der Waals surface area contributed by atoms with Crippen LogP contribution in [0.25, 0.3) is 0 Å². The van der Waals surface area contributed by atoms with E-state index >= 15 is 0 Å². The van der Waals surface area contributed by atoms with Crippen LogP contribution in [0, 0.1) is 5.92 Å². The fourth-order valence-corrected chi connectivity index (χ4v) is 8.39. The van der Waals surface area contributed by atoms with Crippen LogP contribution in [-0.2, 0) is 28.6 Å². The number of hydrogen-bond acceptors (Lipinski definition) is 6. The monoisotopic (exact) mass is 863 g/mol. The van der Waals surface area contributed by atoms with Gasteiger partial charge in [-0.15, -0.1) is 0 Å². The molecular formula is C55H106O6. The van der Waals surface area contributed by atoms with E-state index in [-0.39, 0.29) is 31.1 Å². The van der Waals surface area contributed by atoms with Crippen molar-refractivity contribution in [3.05, 3.63) is 0 Å². The van der Waals surface area contributed by atoms with E-state index in [9.17, 15) is 14.4 Å². The molecule has 0 aromatic rings. The second kappa shape index (κ2) is 49.4. The normalized spacial score (nSPS) is 12.0. The molecule has 0 bridgehead atoms. The Morgan fingerprint density at radius 2 is 0.541 bits per heavy atom. The summed E-state index contributed by atoms with van der Waals surface area (Å²) in [5, 5.41) is 0. The highest BCUT2D eigenvalue weighted by molar-refractivity contribution is 5.71. The Bertz CT molecular complexity index is 918. The molecule has 0 aromatic carbocycles. The van der Waals surface area contributed by atoms with Crippen LogP contribution in [0.3, 0.4) is 0 Å². The van der Waals surface area contributed by atoms with E-state index in [1.54, 1.807) is 0 Å². The maximum absolute atomic E-state index is 12.8. The zero-order valence-electron chi connectivity index (χ0n) is 41.6. The standard InChI is InChI=1S/C55H106O6/c1-5-7-9-11-13-15-17-18-19-20-23-27-30-34-38-42-46-53(56)59-49-52(61-55(58)48-44-40-36-32-25-16-14-12-10-8-6-2)50-60-54(57)47-43-39-35-31-28-24-21-22-26-29-33-37-41-45-51(3)4/h51-52H,5-50H2,1-4H3/t52-/m0/s1. The number of rotatable bonds is 50. The van der Waals surface area contributed by atoms with Crippen molar-refractivity contribution in [3.63, 3.8) is 0 Å². The van der Waals surface area contributed by atoms with Crippen LogP contribution in [-0.4, -0.2) is 37.2 Å². The molecule has 0 amide bonds. The first kappa shape index (κ1) is 59.4. The molecule has 1 atom stereocenters.